The Bertz CT molecular complexity index is 883. The Labute approximate surface area is 178 Å². The van der Waals surface area contributed by atoms with E-state index >= 15 is 0 Å². The highest BCUT2D eigenvalue weighted by molar-refractivity contribution is 5.81. The van der Waals surface area contributed by atoms with Crippen molar-refractivity contribution in [3.05, 3.63) is 66.0 Å². The van der Waals surface area contributed by atoms with E-state index in [0.717, 1.165) is 32.5 Å². The lowest BCUT2D eigenvalue weighted by Gasteiger charge is -2.43. The van der Waals surface area contributed by atoms with Crippen LogP contribution >= 0.6 is 0 Å². The highest BCUT2D eigenvalue weighted by atomic mass is 19.4. The number of likely N-dealkylation sites (tertiary alicyclic amines) is 1. The highest BCUT2D eigenvalue weighted by Crippen LogP contribution is 2.43. The number of nitrogens with zero attached hydrogens (tertiary/aromatic N) is 2. The summed E-state index contributed by atoms with van der Waals surface area (Å²) >= 11 is 0. The molecule has 2 aliphatic rings. The molecule has 0 bridgehead atoms. The van der Waals surface area contributed by atoms with E-state index in [1.54, 1.807) is 0 Å². The summed E-state index contributed by atoms with van der Waals surface area (Å²) in [4.78, 5) is 27.7. The summed E-state index contributed by atoms with van der Waals surface area (Å²) in [6.07, 6.45) is 1.31. The number of pyridine rings is 1. The van der Waals surface area contributed by atoms with E-state index in [9.17, 15) is 18.0 Å². The number of hydrogen-bond acceptors (Lipinski definition) is 4. The van der Waals surface area contributed by atoms with Crippen LogP contribution in [0, 0.1) is 0 Å². The molecule has 6 nitrogen and oxygen atoms in total. The lowest BCUT2D eigenvalue weighted by Crippen LogP contribution is -2.53. The topological polar surface area (TPSA) is 82.5 Å². The van der Waals surface area contributed by atoms with Crippen LogP contribution in [0.2, 0.25) is 0 Å². The van der Waals surface area contributed by atoms with Crippen LogP contribution < -0.4 is 5.32 Å². The molecule has 2 aliphatic heterocycles. The van der Waals surface area contributed by atoms with Crippen molar-refractivity contribution in [3.63, 3.8) is 0 Å². The number of carbonyl (C=O) groups is 2. The van der Waals surface area contributed by atoms with Crippen molar-refractivity contribution in [1.82, 2.24) is 15.2 Å². The first-order valence-corrected chi connectivity index (χ1v) is 9.97. The molecule has 1 amide bonds. The SMILES string of the molecule is O=C(O)C(F)(F)F.O=C1CC(c2ccccc2)C2(CCN(Cc3cccnc3)CC2)N1. The average molecular weight is 435 g/mol. The van der Waals surface area contributed by atoms with Gasteiger partial charge >= 0.3 is 12.1 Å². The maximum atomic E-state index is 12.1. The van der Waals surface area contributed by atoms with Crippen molar-refractivity contribution in [3.8, 4) is 0 Å². The summed E-state index contributed by atoms with van der Waals surface area (Å²) in [5.74, 6) is -2.26. The molecule has 4 rings (SSSR count). The summed E-state index contributed by atoms with van der Waals surface area (Å²) < 4.78 is 31.7. The van der Waals surface area contributed by atoms with Gasteiger partial charge in [-0.3, -0.25) is 14.7 Å². The summed E-state index contributed by atoms with van der Waals surface area (Å²) in [6.45, 7) is 2.96. The second-order valence-electron chi connectivity index (χ2n) is 7.81. The van der Waals surface area contributed by atoms with E-state index in [1.165, 1.54) is 11.1 Å². The number of benzene rings is 1. The van der Waals surface area contributed by atoms with Crippen LogP contribution in [0.25, 0.3) is 0 Å². The van der Waals surface area contributed by atoms with Crippen molar-refractivity contribution < 1.29 is 27.9 Å². The smallest absolute Gasteiger partial charge is 0.475 e. The number of carboxylic acids is 1. The Balaban J connectivity index is 0.000000339. The second-order valence-corrected chi connectivity index (χ2v) is 7.81. The number of aromatic nitrogens is 1. The summed E-state index contributed by atoms with van der Waals surface area (Å²) in [5, 5.41) is 10.4. The quantitative estimate of drug-likeness (QED) is 0.773. The zero-order chi connectivity index (χ0) is 22.5. The predicted octanol–water partition coefficient (Wildman–Crippen LogP) is 3.35. The zero-order valence-electron chi connectivity index (χ0n) is 16.8. The van der Waals surface area contributed by atoms with Gasteiger partial charge in [-0.2, -0.15) is 13.2 Å². The maximum absolute atomic E-state index is 12.1. The molecule has 3 heterocycles. The minimum absolute atomic E-state index is 0.0656. The molecule has 166 valence electrons. The second kappa shape index (κ2) is 9.47. The number of piperidine rings is 1. The fraction of sp³-hybridized carbons (Fsp3) is 0.409. The Kier molecular flexibility index (Phi) is 6.94. The van der Waals surface area contributed by atoms with Gasteiger partial charge in [0.05, 0.1) is 0 Å². The number of amides is 1. The first-order chi connectivity index (χ1) is 14.7. The van der Waals surface area contributed by atoms with Crippen molar-refractivity contribution >= 4 is 11.9 Å². The molecule has 2 saturated heterocycles. The van der Waals surface area contributed by atoms with Gasteiger partial charge in [0.1, 0.15) is 0 Å². The normalized spacial score (nSPS) is 20.6. The third-order valence-corrected chi connectivity index (χ3v) is 5.77. The first-order valence-electron chi connectivity index (χ1n) is 9.97. The molecule has 31 heavy (non-hydrogen) atoms. The number of carboxylic acid groups (broad SMARTS) is 1. The molecule has 2 N–H and O–H groups in total. The van der Waals surface area contributed by atoms with E-state index in [1.807, 2.05) is 24.5 Å². The number of alkyl halides is 3. The molecule has 0 aliphatic carbocycles. The Hall–Kier alpha value is -2.94. The molecular formula is C22H24F3N3O3. The molecule has 0 radical (unpaired) electrons. The van der Waals surface area contributed by atoms with Crippen LogP contribution in [0.4, 0.5) is 13.2 Å². The molecule has 2 fully saturated rings. The van der Waals surface area contributed by atoms with Crippen LogP contribution in [0.3, 0.4) is 0 Å². The molecular weight excluding hydrogens is 411 g/mol. The Morgan fingerprint density at radius 3 is 2.35 bits per heavy atom. The third-order valence-electron chi connectivity index (χ3n) is 5.77. The average Bonchev–Trinajstić information content (AvgIpc) is 3.07. The summed E-state index contributed by atoms with van der Waals surface area (Å²) in [6, 6.07) is 14.6. The van der Waals surface area contributed by atoms with Crippen molar-refractivity contribution in [1.29, 1.82) is 0 Å². The van der Waals surface area contributed by atoms with Crippen LogP contribution in [0.1, 0.15) is 36.3 Å². The molecule has 1 aromatic carbocycles. The van der Waals surface area contributed by atoms with Gasteiger partial charge in [0.15, 0.2) is 0 Å². The van der Waals surface area contributed by atoms with Gasteiger partial charge in [0.2, 0.25) is 5.91 Å². The predicted molar refractivity (Wildman–Crippen MR) is 107 cm³/mol. The van der Waals surface area contributed by atoms with Crippen molar-refractivity contribution in [2.75, 3.05) is 13.1 Å². The van der Waals surface area contributed by atoms with E-state index in [2.05, 4.69) is 45.5 Å². The zero-order valence-corrected chi connectivity index (χ0v) is 16.8. The first kappa shape index (κ1) is 22.7. The van der Waals surface area contributed by atoms with E-state index in [0.29, 0.717) is 12.3 Å². The molecule has 1 atom stereocenters. The monoisotopic (exact) mass is 435 g/mol. The van der Waals surface area contributed by atoms with Crippen LogP contribution in [0.5, 0.6) is 0 Å². The van der Waals surface area contributed by atoms with Gasteiger partial charge in [0.25, 0.3) is 0 Å². The highest BCUT2D eigenvalue weighted by Gasteiger charge is 2.48. The van der Waals surface area contributed by atoms with Gasteiger partial charge in [-0.1, -0.05) is 36.4 Å². The van der Waals surface area contributed by atoms with E-state index in [4.69, 9.17) is 9.90 Å². The van der Waals surface area contributed by atoms with E-state index in [-0.39, 0.29) is 11.4 Å². The minimum Gasteiger partial charge on any atom is -0.475 e. The van der Waals surface area contributed by atoms with Gasteiger partial charge in [-0.05, 0) is 30.0 Å². The Morgan fingerprint density at radius 2 is 1.81 bits per heavy atom. The maximum Gasteiger partial charge on any atom is 0.490 e. The standard InChI is InChI=1S/C20H23N3O.C2HF3O2/c24-19-13-18(17-6-2-1-3-7-17)20(22-19)8-11-23(12-9-20)15-16-5-4-10-21-14-16;3-2(4,5)1(6)7/h1-7,10,14,18H,8-9,11-13,15H2,(H,22,24);(H,6,7). The molecule has 1 unspecified atom stereocenters. The largest absolute Gasteiger partial charge is 0.490 e. The van der Waals surface area contributed by atoms with Gasteiger partial charge in [-0.25, -0.2) is 4.79 Å². The lowest BCUT2D eigenvalue weighted by atomic mass is 9.74. The van der Waals surface area contributed by atoms with E-state index < -0.39 is 12.1 Å². The van der Waals surface area contributed by atoms with Crippen molar-refractivity contribution in [2.24, 2.45) is 0 Å². The number of hydrogen-bond donors (Lipinski definition) is 2. The molecule has 0 saturated carbocycles. The third kappa shape index (κ3) is 5.81. The van der Waals surface area contributed by atoms with Crippen LogP contribution in [0.15, 0.2) is 54.9 Å². The summed E-state index contributed by atoms with van der Waals surface area (Å²) in [5.41, 5.74) is 2.48. The minimum atomic E-state index is -5.08. The molecule has 2 aromatic rings. The van der Waals surface area contributed by atoms with Gasteiger partial charge in [-0.15, -0.1) is 0 Å². The van der Waals surface area contributed by atoms with Crippen molar-refractivity contribution in [2.45, 2.75) is 43.4 Å². The molecule has 1 aromatic heterocycles. The van der Waals surface area contributed by atoms with Crippen LogP contribution in [-0.2, 0) is 16.1 Å². The number of rotatable bonds is 3. The fourth-order valence-corrected chi connectivity index (χ4v) is 4.25. The summed E-state index contributed by atoms with van der Waals surface area (Å²) in [7, 11) is 0. The Morgan fingerprint density at radius 1 is 1.16 bits per heavy atom. The fourth-order valence-electron chi connectivity index (χ4n) is 4.25. The molecule has 1 spiro atoms. The number of nitrogens with one attached hydrogen (secondary N) is 1. The number of halogens is 3. The van der Waals surface area contributed by atoms with Gasteiger partial charge < -0.3 is 10.4 Å². The number of aliphatic carboxylic acids is 1. The molecule has 9 heteroatoms. The van der Waals surface area contributed by atoms with Crippen LogP contribution in [-0.4, -0.2) is 51.7 Å². The lowest BCUT2D eigenvalue weighted by molar-refractivity contribution is -0.192. The van der Waals surface area contributed by atoms with Gasteiger partial charge in [0, 0.05) is 49.9 Å². The number of carbonyl (C=O) groups excluding carboxylic acids is 1.